The van der Waals surface area contributed by atoms with E-state index < -0.39 is 0 Å². The van der Waals surface area contributed by atoms with Gasteiger partial charge in [0.2, 0.25) is 0 Å². The summed E-state index contributed by atoms with van der Waals surface area (Å²) in [5.41, 5.74) is 8.03. The summed E-state index contributed by atoms with van der Waals surface area (Å²) in [5.74, 6) is 0. The Labute approximate surface area is 106 Å². The zero-order valence-electron chi connectivity index (χ0n) is 10.8. The molecule has 6 heteroatoms. The van der Waals surface area contributed by atoms with Crippen LogP contribution in [0.4, 0.5) is 0 Å². The summed E-state index contributed by atoms with van der Waals surface area (Å²) in [6.45, 7) is 3.44. The van der Waals surface area contributed by atoms with E-state index >= 15 is 0 Å². The first kappa shape index (κ1) is 12.8. The van der Waals surface area contributed by atoms with Crippen molar-refractivity contribution < 1.29 is 4.74 Å². The van der Waals surface area contributed by atoms with Gasteiger partial charge in [0, 0.05) is 19.3 Å². The average Bonchev–Trinajstić information content (AvgIpc) is 3.03. The van der Waals surface area contributed by atoms with E-state index in [0.717, 1.165) is 24.3 Å². The van der Waals surface area contributed by atoms with Crippen LogP contribution in [0, 0.1) is 0 Å². The molecule has 6 nitrogen and oxygen atoms in total. The van der Waals surface area contributed by atoms with Crippen LogP contribution in [-0.2, 0) is 11.3 Å². The van der Waals surface area contributed by atoms with Crippen molar-refractivity contribution >= 4 is 0 Å². The second-order valence-corrected chi connectivity index (χ2v) is 4.16. The maximum Gasteiger partial charge on any atom is 0.0995 e. The standard InChI is InChI=1S/C12H19N5O/c1-3-11(13)12-7-14-9-17(12)10-6-15-16(8-10)4-5-18-2/h6-9,11H,3-5,13H2,1-2H3/t11-/m1/s1. The predicted molar refractivity (Wildman–Crippen MR) is 68.4 cm³/mol. The number of ether oxygens (including phenoxy) is 1. The third-order valence-electron chi connectivity index (χ3n) is 2.91. The van der Waals surface area contributed by atoms with Gasteiger partial charge < -0.3 is 10.5 Å². The van der Waals surface area contributed by atoms with Gasteiger partial charge in [-0.25, -0.2) is 4.98 Å². The van der Waals surface area contributed by atoms with Gasteiger partial charge in [-0.3, -0.25) is 9.25 Å². The van der Waals surface area contributed by atoms with Crippen LogP contribution in [0.5, 0.6) is 0 Å². The molecule has 2 rings (SSSR count). The van der Waals surface area contributed by atoms with Gasteiger partial charge in [0.1, 0.15) is 0 Å². The summed E-state index contributed by atoms with van der Waals surface area (Å²) >= 11 is 0. The zero-order chi connectivity index (χ0) is 13.0. The lowest BCUT2D eigenvalue weighted by atomic mass is 10.2. The Hall–Kier alpha value is -1.66. The molecular formula is C12H19N5O. The molecule has 2 N–H and O–H groups in total. The molecule has 0 spiro atoms. The van der Waals surface area contributed by atoms with Crippen LogP contribution < -0.4 is 5.73 Å². The number of hydrogen-bond acceptors (Lipinski definition) is 4. The van der Waals surface area contributed by atoms with Gasteiger partial charge >= 0.3 is 0 Å². The minimum atomic E-state index is -0.00479. The first-order valence-corrected chi connectivity index (χ1v) is 6.05. The molecular weight excluding hydrogens is 230 g/mol. The van der Waals surface area contributed by atoms with Gasteiger partial charge in [-0.05, 0) is 6.42 Å². The van der Waals surface area contributed by atoms with Crippen LogP contribution in [-0.4, -0.2) is 33.0 Å². The molecule has 0 bridgehead atoms. The summed E-state index contributed by atoms with van der Waals surface area (Å²) in [6.07, 6.45) is 8.22. The Morgan fingerprint density at radius 3 is 3.00 bits per heavy atom. The number of imidazole rings is 1. The third kappa shape index (κ3) is 2.60. The van der Waals surface area contributed by atoms with E-state index in [2.05, 4.69) is 17.0 Å². The number of nitrogens with zero attached hydrogens (tertiary/aromatic N) is 4. The van der Waals surface area contributed by atoms with E-state index in [1.54, 1.807) is 19.6 Å². The van der Waals surface area contributed by atoms with Gasteiger partial charge in [0.05, 0.1) is 43.3 Å². The highest BCUT2D eigenvalue weighted by Crippen LogP contribution is 2.17. The lowest BCUT2D eigenvalue weighted by molar-refractivity contribution is 0.183. The minimum absolute atomic E-state index is 0.00479. The molecule has 0 aromatic carbocycles. The molecule has 2 aromatic heterocycles. The van der Waals surface area contributed by atoms with Gasteiger partial charge in [0.15, 0.2) is 0 Å². The second kappa shape index (κ2) is 5.79. The van der Waals surface area contributed by atoms with Gasteiger partial charge in [-0.1, -0.05) is 6.92 Å². The van der Waals surface area contributed by atoms with Crippen molar-refractivity contribution in [3.05, 3.63) is 30.6 Å². The summed E-state index contributed by atoms with van der Waals surface area (Å²) in [4.78, 5) is 4.16. The molecule has 2 aromatic rings. The highest BCUT2D eigenvalue weighted by Gasteiger charge is 2.11. The summed E-state index contributed by atoms with van der Waals surface area (Å²) in [6, 6.07) is -0.00479. The Bertz CT molecular complexity index is 490. The number of aromatic nitrogens is 4. The van der Waals surface area contributed by atoms with E-state index in [0.29, 0.717) is 6.61 Å². The van der Waals surface area contributed by atoms with Crippen LogP contribution in [0.25, 0.3) is 5.69 Å². The molecule has 0 fully saturated rings. The van der Waals surface area contributed by atoms with E-state index in [4.69, 9.17) is 10.5 Å². The topological polar surface area (TPSA) is 70.9 Å². The van der Waals surface area contributed by atoms with Crippen LogP contribution in [0.2, 0.25) is 0 Å². The number of rotatable bonds is 6. The van der Waals surface area contributed by atoms with Crippen LogP contribution in [0.15, 0.2) is 24.9 Å². The van der Waals surface area contributed by atoms with Crippen molar-refractivity contribution in [3.63, 3.8) is 0 Å². The molecule has 0 saturated carbocycles. The highest BCUT2D eigenvalue weighted by molar-refractivity contribution is 5.29. The fourth-order valence-electron chi connectivity index (χ4n) is 1.79. The molecule has 0 unspecified atom stereocenters. The van der Waals surface area contributed by atoms with Crippen molar-refractivity contribution in [1.29, 1.82) is 0 Å². The van der Waals surface area contributed by atoms with Gasteiger partial charge in [-0.2, -0.15) is 5.10 Å². The molecule has 0 aliphatic heterocycles. The van der Waals surface area contributed by atoms with Crippen LogP contribution >= 0.6 is 0 Å². The number of hydrogen-bond donors (Lipinski definition) is 1. The van der Waals surface area contributed by atoms with E-state index in [1.165, 1.54) is 0 Å². The normalized spacial score (nSPS) is 12.8. The van der Waals surface area contributed by atoms with Crippen molar-refractivity contribution in [1.82, 2.24) is 19.3 Å². The fourth-order valence-corrected chi connectivity index (χ4v) is 1.79. The monoisotopic (exact) mass is 249 g/mol. The summed E-state index contributed by atoms with van der Waals surface area (Å²) in [7, 11) is 1.68. The Morgan fingerprint density at radius 2 is 2.28 bits per heavy atom. The highest BCUT2D eigenvalue weighted by atomic mass is 16.5. The third-order valence-corrected chi connectivity index (χ3v) is 2.91. The molecule has 0 radical (unpaired) electrons. The minimum Gasteiger partial charge on any atom is -0.383 e. The maximum absolute atomic E-state index is 6.06. The summed E-state index contributed by atoms with van der Waals surface area (Å²) < 4.78 is 8.85. The van der Waals surface area contributed by atoms with E-state index in [1.807, 2.05) is 21.6 Å². The molecule has 0 aliphatic rings. The van der Waals surface area contributed by atoms with Crippen molar-refractivity contribution in [2.24, 2.45) is 5.73 Å². The quantitative estimate of drug-likeness (QED) is 0.833. The molecule has 0 aliphatic carbocycles. The first-order valence-electron chi connectivity index (χ1n) is 6.05. The van der Waals surface area contributed by atoms with Gasteiger partial charge in [-0.15, -0.1) is 0 Å². The first-order chi connectivity index (χ1) is 8.76. The van der Waals surface area contributed by atoms with Crippen LogP contribution in [0.1, 0.15) is 25.1 Å². The van der Waals surface area contributed by atoms with E-state index in [9.17, 15) is 0 Å². The summed E-state index contributed by atoms with van der Waals surface area (Å²) in [5, 5.41) is 4.28. The Morgan fingerprint density at radius 1 is 1.44 bits per heavy atom. The second-order valence-electron chi connectivity index (χ2n) is 4.16. The Kier molecular flexibility index (Phi) is 4.11. The predicted octanol–water partition coefficient (Wildman–Crippen LogP) is 1.12. The van der Waals surface area contributed by atoms with E-state index in [-0.39, 0.29) is 6.04 Å². The molecule has 98 valence electrons. The van der Waals surface area contributed by atoms with Crippen molar-refractivity contribution in [2.45, 2.75) is 25.9 Å². The fraction of sp³-hybridized carbons (Fsp3) is 0.500. The number of nitrogens with two attached hydrogens (primary N) is 1. The van der Waals surface area contributed by atoms with Crippen molar-refractivity contribution in [3.8, 4) is 5.69 Å². The maximum atomic E-state index is 6.06. The lowest BCUT2D eigenvalue weighted by Gasteiger charge is -2.10. The van der Waals surface area contributed by atoms with Crippen LogP contribution in [0.3, 0.4) is 0 Å². The molecule has 2 heterocycles. The zero-order valence-corrected chi connectivity index (χ0v) is 10.8. The SMILES string of the molecule is CC[C@@H](N)c1cncn1-c1cnn(CCOC)c1. The van der Waals surface area contributed by atoms with Crippen molar-refractivity contribution in [2.75, 3.05) is 13.7 Å². The molecule has 0 amide bonds. The average molecular weight is 249 g/mol. The largest absolute Gasteiger partial charge is 0.383 e. The Balaban J connectivity index is 2.21. The lowest BCUT2D eigenvalue weighted by Crippen LogP contribution is -2.13. The smallest absolute Gasteiger partial charge is 0.0995 e. The molecule has 1 atom stereocenters. The molecule has 18 heavy (non-hydrogen) atoms. The number of methoxy groups -OCH3 is 1. The van der Waals surface area contributed by atoms with Gasteiger partial charge in [0.25, 0.3) is 0 Å². The molecule has 0 saturated heterocycles.